The molecule has 0 N–H and O–H groups in total. The number of morpholine rings is 1. The standard InChI is InChI=1S/C21H27NO2S/c1-4-25(23)21-12-16(2)11-19(14-21)18-6-5-17(3)20(13-18)15-22-7-9-24-10-8-22/h5-6,11-14H,4,7-10,15H2,1-3H3. The molecule has 3 nitrogen and oxygen atoms in total. The molecule has 0 amide bonds. The average Bonchev–Trinajstić information content (AvgIpc) is 2.63. The van der Waals surface area contributed by atoms with Crippen molar-refractivity contribution in [3.63, 3.8) is 0 Å². The molecule has 0 aliphatic carbocycles. The van der Waals surface area contributed by atoms with Crippen LogP contribution in [0.2, 0.25) is 0 Å². The van der Waals surface area contributed by atoms with Gasteiger partial charge in [0, 0.05) is 25.7 Å². The minimum atomic E-state index is -0.922. The summed E-state index contributed by atoms with van der Waals surface area (Å²) in [6.45, 7) is 10.8. The largest absolute Gasteiger partial charge is 0.611 e. The average molecular weight is 358 g/mol. The zero-order valence-corrected chi connectivity index (χ0v) is 16.2. The molecule has 2 aromatic rings. The molecule has 0 saturated carbocycles. The maximum Gasteiger partial charge on any atom is 0.153 e. The van der Waals surface area contributed by atoms with Gasteiger partial charge in [-0.1, -0.05) is 18.2 Å². The van der Waals surface area contributed by atoms with Crippen molar-refractivity contribution in [2.75, 3.05) is 32.1 Å². The number of ether oxygens (including phenoxy) is 1. The van der Waals surface area contributed by atoms with Gasteiger partial charge in [-0.3, -0.25) is 4.90 Å². The molecule has 2 aromatic carbocycles. The summed E-state index contributed by atoms with van der Waals surface area (Å²) < 4.78 is 17.7. The number of benzene rings is 2. The van der Waals surface area contributed by atoms with Gasteiger partial charge in [-0.05, 0) is 71.9 Å². The van der Waals surface area contributed by atoms with Gasteiger partial charge in [-0.2, -0.15) is 0 Å². The molecule has 1 fully saturated rings. The van der Waals surface area contributed by atoms with E-state index in [0.29, 0.717) is 5.75 Å². The summed E-state index contributed by atoms with van der Waals surface area (Å²) in [5, 5.41) is 0. The quantitative estimate of drug-likeness (QED) is 0.761. The third-order valence-electron chi connectivity index (χ3n) is 4.76. The highest BCUT2D eigenvalue weighted by atomic mass is 32.2. The van der Waals surface area contributed by atoms with Crippen molar-refractivity contribution in [1.82, 2.24) is 4.90 Å². The number of nitrogens with zero attached hydrogens (tertiary/aromatic N) is 1. The SMILES string of the molecule is CC[S+]([O-])c1cc(C)cc(-c2ccc(C)c(CN3CCOCC3)c2)c1. The van der Waals surface area contributed by atoms with Crippen LogP contribution in [0, 0.1) is 13.8 Å². The van der Waals surface area contributed by atoms with Crippen molar-refractivity contribution in [2.24, 2.45) is 0 Å². The highest BCUT2D eigenvalue weighted by Crippen LogP contribution is 2.27. The van der Waals surface area contributed by atoms with Crippen LogP contribution in [0.25, 0.3) is 11.1 Å². The van der Waals surface area contributed by atoms with E-state index in [1.807, 2.05) is 13.0 Å². The first-order chi connectivity index (χ1) is 12.1. The van der Waals surface area contributed by atoms with E-state index in [1.165, 1.54) is 16.7 Å². The van der Waals surface area contributed by atoms with E-state index in [1.54, 1.807) is 0 Å². The minimum absolute atomic E-state index is 0.652. The number of hydrogen-bond donors (Lipinski definition) is 0. The molecule has 1 saturated heterocycles. The van der Waals surface area contributed by atoms with Crippen molar-refractivity contribution in [1.29, 1.82) is 0 Å². The van der Waals surface area contributed by atoms with E-state index in [-0.39, 0.29) is 0 Å². The smallest absolute Gasteiger partial charge is 0.153 e. The van der Waals surface area contributed by atoms with Crippen molar-refractivity contribution in [2.45, 2.75) is 32.2 Å². The van der Waals surface area contributed by atoms with Gasteiger partial charge in [-0.15, -0.1) is 0 Å². The Morgan fingerprint density at radius 3 is 2.52 bits per heavy atom. The second-order valence-corrected chi connectivity index (χ2v) is 8.44. The molecule has 1 aliphatic rings. The van der Waals surface area contributed by atoms with Gasteiger partial charge in [0.15, 0.2) is 4.90 Å². The summed E-state index contributed by atoms with van der Waals surface area (Å²) in [4.78, 5) is 3.37. The summed E-state index contributed by atoms with van der Waals surface area (Å²) in [6, 6.07) is 13.0. The predicted molar refractivity (Wildman–Crippen MR) is 104 cm³/mol. The Balaban J connectivity index is 1.89. The summed E-state index contributed by atoms with van der Waals surface area (Å²) in [6.07, 6.45) is 0. The molecule has 1 unspecified atom stereocenters. The molecule has 0 radical (unpaired) electrons. The first-order valence-electron chi connectivity index (χ1n) is 8.97. The Bertz CT molecular complexity index is 726. The lowest BCUT2D eigenvalue weighted by molar-refractivity contribution is 0.0341. The molecule has 25 heavy (non-hydrogen) atoms. The zero-order chi connectivity index (χ0) is 17.8. The van der Waals surface area contributed by atoms with Crippen LogP contribution in [0.15, 0.2) is 41.3 Å². The molecular weight excluding hydrogens is 330 g/mol. The van der Waals surface area contributed by atoms with Crippen LogP contribution in [0.3, 0.4) is 0 Å². The molecule has 134 valence electrons. The van der Waals surface area contributed by atoms with Crippen molar-refractivity contribution in [3.8, 4) is 11.1 Å². The molecule has 3 rings (SSSR count). The van der Waals surface area contributed by atoms with Crippen LogP contribution >= 0.6 is 0 Å². The monoisotopic (exact) mass is 357 g/mol. The van der Waals surface area contributed by atoms with E-state index in [4.69, 9.17) is 4.74 Å². The van der Waals surface area contributed by atoms with Gasteiger partial charge in [0.1, 0.15) is 5.75 Å². The third kappa shape index (κ3) is 4.64. The molecule has 4 heteroatoms. The fraction of sp³-hybridized carbons (Fsp3) is 0.429. The van der Waals surface area contributed by atoms with Crippen LogP contribution in [-0.2, 0) is 22.5 Å². The zero-order valence-electron chi connectivity index (χ0n) is 15.4. The Kier molecular flexibility index (Phi) is 6.18. The van der Waals surface area contributed by atoms with Crippen LogP contribution in [0.1, 0.15) is 23.6 Å². The summed E-state index contributed by atoms with van der Waals surface area (Å²) in [7, 11) is 0. The molecule has 1 aliphatic heterocycles. The third-order valence-corrected chi connectivity index (χ3v) is 6.04. The number of rotatable bonds is 5. The maximum atomic E-state index is 12.2. The second-order valence-electron chi connectivity index (χ2n) is 6.70. The second kappa shape index (κ2) is 8.37. The van der Waals surface area contributed by atoms with Crippen LogP contribution in [-0.4, -0.2) is 41.5 Å². The lowest BCUT2D eigenvalue weighted by Gasteiger charge is -2.27. The van der Waals surface area contributed by atoms with E-state index in [9.17, 15) is 4.55 Å². The maximum absolute atomic E-state index is 12.2. The lowest BCUT2D eigenvalue weighted by atomic mass is 9.98. The molecule has 1 heterocycles. The van der Waals surface area contributed by atoms with Gasteiger partial charge in [-0.25, -0.2) is 0 Å². The molecule has 1 atom stereocenters. The Morgan fingerprint density at radius 1 is 1.04 bits per heavy atom. The fourth-order valence-corrected chi connectivity index (χ4v) is 4.14. The van der Waals surface area contributed by atoms with Crippen molar-refractivity contribution in [3.05, 3.63) is 53.1 Å². The Morgan fingerprint density at radius 2 is 1.80 bits per heavy atom. The highest BCUT2D eigenvalue weighted by Gasteiger charge is 2.14. The minimum Gasteiger partial charge on any atom is -0.611 e. The van der Waals surface area contributed by atoms with Crippen LogP contribution in [0.5, 0.6) is 0 Å². The van der Waals surface area contributed by atoms with Gasteiger partial charge < -0.3 is 9.29 Å². The molecular formula is C21H27NO2S. The normalized spacial score (nSPS) is 16.8. The van der Waals surface area contributed by atoms with Crippen molar-refractivity contribution < 1.29 is 9.29 Å². The topological polar surface area (TPSA) is 35.5 Å². The highest BCUT2D eigenvalue weighted by molar-refractivity contribution is 7.91. The first kappa shape index (κ1) is 18.5. The van der Waals surface area contributed by atoms with E-state index >= 15 is 0 Å². The molecule has 0 aromatic heterocycles. The van der Waals surface area contributed by atoms with Gasteiger partial charge in [0.25, 0.3) is 0 Å². The predicted octanol–water partition coefficient (Wildman–Crippen LogP) is 3.93. The first-order valence-corrected chi connectivity index (χ1v) is 10.3. The summed E-state index contributed by atoms with van der Waals surface area (Å²) >= 11 is -0.922. The van der Waals surface area contributed by atoms with E-state index < -0.39 is 11.2 Å². The Hall–Kier alpha value is -1.33. The lowest BCUT2D eigenvalue weighted by Crippen LogP contribution is -2.35. The summed E-state index contributed by atoms with van der Waals surface area (Å²) in [5.41, 5.74) is 6.19. The summed E-state index contributed by atoms with van der Waals surface area (Å²) in [5.74, 6) is 0.652. The number of aryl methyl sites for hydroxylation is 2. The molecule has 0 bridgehead atoms. The van der Waals surface area contributed by atoms with Crippen LogP contribution < -0.4 is 0 Å². The van der Waals surface area contributed by atoms with Gasteiger partial charge in [0.2, 0.25) is 0 Å². The van der Waals surface area contributed by atoms with E-state index in [0.717, 1.165) is 48.9 Å². The number of hydrogen-bond acceptors (Lipinski definition) is 3. The van der Waals surface area contributed by atoms with Gasteiger partial charge in [0.05, 0.1) is 13.2 Å². The molecule has 0 spiro atoms. The fourth-order valence-electron chi connectivity index (χ4n) is 3.23. The van der Waals surface area contributed by atoms with Gasteiger partial charge >= 0.3 is 0 Å². The van der Waals surface area contributed by atoms with E-state index in [2.05, 4.69) is 49.1 Å². The Labute approximate surface area is 154 Å². The van der Waals surface area contributed by atoms with Crippen LogP contribution in [0.4, 0.5) is 0 Å². The van der Waals surface area contributed by atoms with Crippen molar-refractivity contribution >= 4 is 11.2 Å².